The van der Waals surface area contributed by atoms with Crippen molar-refractivity contribution in [1.82, 2.24) is 4.98 Å². The number of aromatic nitrogens is 1. The van der Waals surface area contributed by atoms with Gasteiger partial charge in [0.2, 0.25) is 0 Å². The van der Waals surface area contributed by atoms with E-state index in [9.17, 15) is 0 Å². The Kier molecular flexibility index (Phi) is 4.99. The van der Waals surface area contributed by atoms with Gasteiger partial charge in [-0.25, -0.2) is 0 Å². The van der Waals surface area contributed by atoms with Gasteiger partial charge in [0.05, 0.1) is 16.3 Å². The van der Waals surface area contributed by atoms with Gasteiger partial charge in [-0.3, -0.25) is 4.98 Å². The summed E-state index contributed by atoms with van der Waals surface area (Å²) >= 11 is 6.32. The maximum Gasteiger partial charge on any atom is 0.101 e. The third-order valence-electron chi connectivity index (χ3n) is 3.43. The average Bonchev–Trinajstić information content (AvgIpc) is 2.53. The van der Waals surface area contributed by atoms with Crippen LogP contribution in [0.1, 0.15) is 29.2 Å². The first-order valence-electron chi connectivity index (χ1n) is 6.93. The molecule has 0 aliphatic carbocycles. The zero-order valence-electron chi connectivity index (χ0n) is 12.5. The summed E-state index contributed by atoms with van der Waals surface area (Å²) in [5.41, 5.74) is 5.34. The number of terminal acetylenes is 1. The molecule has 0 fully saturated rings. The summed E-state index contributed by atoms with van der Waals surface area (Å²) in [7, 11) is 0. The summed E-state index contributed by atoms with van der Waals surface area (Å²) in [5, 5.41) is 9.40. The van der Waals surface area contributed by atoms with Crippen molar-refractivity contribution in [2.24, 2.45) is 0 Å². The Bertz CT molecular complexity index is 821. The molecule has 2 nitrogen and oxygen atoms in total. The lowest BCUT2D eigenvalue weighted by Gasteiger charge is -2.13. The van der Waals surface area contributed by atoms with Gasteiger partial charge in [-0.05, 0) is 54.3 Å². The predicted octanol–water partition coefficient (Wildman–Crippen LogP) is 4.79. The minimum absolute atomic E-state index is 0.442. The summed E-state index contributed by atoms with van der Waals surface area (Å²) in [6.45, 7) is 4.14. The molecule has 0 unspecified atom stereocenters. The van der Waals surface area contributed by atoms with Gasteiger partial charge >= 0.3 is 0 Å². The van der Waals surface area contributed by atoms with Crippen LogP contribution in [-0.2, 0) is 6.42 Å². The van der Waals surface area contributed by atoms with E-state index in [1.807, 2.05) is 19.1 Å². The predicted molar refractivity (Wildman–Crippen MR) is 91.4 cm³/mol. The zero-order chi connectivity index (χ0) is 16.1. The van der Waals surface area contributed by atoms with E-state index < -0.39 is 0 Å². The summed E-state index contributed by atoms with van der Waals surface area (Å²) in [5.74, 6) is 2.51. The summed E-state index contributed by atoms with van der Waals surface area (Å²) in [4.78, 5) is 4.36. The first-order chi connectivity index (χ1) is 10.6. The van der Waals surface area contributed by atoms with Crippen molar-refractivity contribution in [3.05, 3.63) is 57.7 Å². The molecule has 1 aromatic carbocycles. The highest BCUT2D eigenvalue weighted by Crippen LogP contribution is 2.32. The molecule has 0 saturated heterocycles. The molecule has 1 aromatic heterocycles. The lowest BCUT2D eigenvalue weighted by molar-refractivity contribution is 1.13. The van der Waals surface area contributed by atoms with Crippen molar-refractivity contribution in [3.8, 4) is 29.7 Å². The minimum Gasteiger partial charge on any atom is -0.253 e. The fourth-order valence-electron chi connectivity index (χ4n) is 2.32. The summed E-state index contributed by atoms with van der Waals surface area (Å²) in [6, 6.07) is 7.88. The molecule has 3 heteroatoms. The lowest BCUT2D eigenvalue weighted by atomic mass is 9.94. The second-order valence-corrected chi connectivity index (χ2v) is 5.30. The van der Waals surface area contributed by atoms with E-state index >= 15 is 0 Å². The fourth-order valence-corrected chi connectivity index (χ4v) is 2.59. The standard InChI is InChI=1S/C19H15ClN2/c1-4-6-7-16-13(3)8-14(5-2)9-17(16)19-18(20)10-15(11-21)12-22-19/h1,6-10,12H,5H2,2-3H3/b7-6-. The van der Waals surface area contributed by atoms with E-state index in [1.165, 1.54) is 11.8 Å². The molecule has 0 aliphatic rings. The largest absolute Gasteiger partial charge is 0.253 e. The van der Waals surface area contributed by atoms with E-state index in [0.29, 0.717) is 16.3 Å². The van der Waals surface area contributed by atoms with Crippen molar-refractivity contribution < 1.29 is 0 Å². The zero-order valence-corrected chi connectivity index (χ0v) is 13.3. The Labute approximate surface area is 136 Å². The number of halogens is 1. The molecule has 0 atom stereocenters. The Morgan fingerprint density at radius 3 is 2.73 bits per heavy atom. The highest BCUT2D eigenvalue weighted by Gasteiger charge is 2.13. The van der Waals surface area contributed by atoms with Crippen LogP contribution < -0.4 is 0 Å². The van der Waals surface area contributed by atoms with Crippen molar-refractivity contribution in [1.29, 1.82) is 5.26 Å². The van der Waals surface area contributed by atoms with Crippen LogP contribution in [0.4, 0.5) is 0 Å². The highest BCUT2D eigenvalue weighted by molar-refractivity contribution is 6.33. The SMILES string of the molecule is C#C/C=C\c1c(C)cc(CC)cc1-c1ncc(C#N)cc1Cl. The van der Waals surface area contributed by atoms with Crippen LogP contribution >= 0.6 is 11.6 Å². The van der Waals surface area contributed by atoms with Crippen LogP contribution in [0.2, 0.25) is 5.02 Å². The Morgan fingerprint density at radius 2 is 2.14 bits per heavy atom. The molecule has 108 valence electrons. The number of aryl methyl sites for hydroxylation is 2. The maximum atomic E-state index is 8.94. The van der Waals surface area contributed by atoms with Crippen molar-refractivity contribution in [3.63, 3.8) is 0 Å². The van der Waals surface area contributed by atoms with Crippen LogP contribution in [0.15, 0.2) is 30.5 Å². The molecular formula is C19H15ClN2. The van der Waals surface area contributed by atoms with Gasteiger partial charge in [0.1, 0.15) is 6.07 Å². The van der Waals surface area contributed by atoms with Crippen LogP contribution in [0.25, 0.3) is 17.3 Å². The number of hydrogen-bond acceptors (Lipinski definition) is 2. The smallest absolute Gasteiger partial charge is 0.101 e. The van der Waals surface area contributed by atoms with Gasteiger partial charge in [-0.1, -0.05) is 30.5 Å². The lowest BCUT2D eigenvalue weighted by Crippen LogP contribution is -1.95. The van der Waals surface area contributed by atoms with Gasteiger partial charge in [0.25, 0.3) is 0 Å². The molecule has 0 aliphatic heterocycles. The van der Waals surface area contributed by atoms with Gasteiger partial charge < -0.3 is 0 Å². The topological polar surface area (TPSA) is 36.7 Å². The van der Waals surface area contributed by atoms with Crippen LogP contribution in [-0.4, -0.2) is 4.98 Å². The molecule has 22 heavy (non-hydrogen) atoms. The van der Waals surface area contributed by atoms with Gasteiger partial charge in [0, 0.05) is 11.8 Å². The van der Waals surface area contributed by atoms with Crippen LogP contribution in [0.5, 0.6) is 0 Å². The Hall–Kier alpha value is -2.55. The molecule has 2 aromatic rings. The molecule has 2 rings (SSSR count). The van der Waals surface area contributed by atoms with E-state index in [-0.39, 0.29) is 0 Å². The summed E-state index contributed by atoms with van der Waals surface area (Å²) < 4.78 is 0. The second-order valence-electron chi connectivity index (χ2n) is 4.89. The molecule has 0 N–H and O–H groups in total. The molecule has 0 radical (unpaired) electrons. The maximum absolute atomic E-state index is 8.94. The number of rotatable bonds is 3. The van der Waals surface area contributed by atoms with Gasteiger partial charge in [-0.15, -0.1) is 6.42 Å². The summed E-state index contributed by atoms with van der Waals surface area (Å²) in [6.07, 6.45) is 11.3. The first-order valence-corrected chi connectivity index (χ1v) is 7.30. The molecule has 0 amide bonds. The van der Waals surface area contributed by atoms with E-state index in [2.05, 4.69) is 30.0 Å². The molecule has 1 heterocycles. The van der Waals surface area contributed by atoms with Gasteiger partial charge in [-0.2, -0.15) is 5.26 Å². The van der Waals surface area contributed by atoms with E-state index in [0.717, 1.165) is 23.1 Å². The van der Waals surface area contributed by atoms with Gasteiger partial charge in [0.15, 0.2) is 0 Å². The monoisotopic (exact) mass is 306 g/mol. The Balaban J connectivity index is 2.73. The molecule has 0 spiro atoms. The van der Waals surface area contributed by atoms with Crippen molar-refractivity contribution in [2.75, 3.05) is 0 Å². The number of allylic oxidation sites excluding steroid dienone is 1. The molecular weight excluding hydrogens is 292 g/mol. The van der Waals surface area contributed by atoms with Crippen LogP contribution in [0.3, 0.4) is 0 Å². The number of pyridine rings is 1. The van der Waals surface area contributed by atoms with Crippen molar-refractivity contribution >= 4 is 17.7 Å². The minimum atomic E-state index is 0.442. The Morgan fingerprint density at radius 1 is 1.36 bits per heavy atom. The highest BCUT2D eigenvalue weighted by atomic mass is 35.5. The van der Waals surface area contributed by atoms with E-state index in [4.69, 9.17) is 23.3 Å². The number of nitriles is 1. The second kappa shape index (κ2) is 6.94. The fraction of sp³-hybridized carbons (Fsp3) is 0.158. The quantitative estimate of drug-likeness (QED) is 0.764. The number of benzene rings is 1. The number of nitrogens with zero attached hydrogens (tertiary/aromatic N) is 2. The average molecular weight is 307 g/mol. The first kappa shape index (κ1) is 15.8. The number of hydrogen-bond donors (Lipinski definition) is 0. The van der Waals surface area contributed by atoms with Crippen LogP contribution in [0, 0.1) is 30.6 Å². The van der Waals surface area contributed by atoms with E-state index in [1.54, 1.807) is 12.1 Å². The normalized spacial score (nSPS) is 10.4. The third kappa shape index (κ3) is 3.19. The molecule has 0 bridgehead atoms. The molecule has 0 saturated carbocycles. The third-order valence-corrected chi connectivity index (χ3v) is 3.71. The van der Waals surface area contributed by atoms with Crippen molar-refractivity contribution in [2.45, 2.75) is 20.3 Å².